The first-order chi connectivity index (χ1) is 13.7. The quantitative estimate of drug-likeness (QED) is 0.732. The summed E-state index contributed by atoms with van der Waals surface area (Å²) < 4.78 is 5.98. The number of nitrogens with one attached hydrogen (secondary N) is 2. The third kappa shape index (κ3) is 4.32. The molecule has 2 aliphatic rings. The molecule has 1 aromatic heterocycles. The predicted octanol–water partition coefficient (Wildman–Crippen LogP) is 1.90. The number of hydrogen-bond donors (Lipinski definition) is 3. The molecule has 3 heterocycles. The Hall–Kier alpha value is -2.48. The van der Waals surface area contributed by atoms with Gasteiger partial charge in [-0.15, -0.1) is 0 Å². The lowest BCUT2D eigenvalue weighted by Gasteiger charge is -2.33. The van der Waals surface area contributed by atoms with E-state index in [1.165, 1.54) is 0 Å². The summed E-state index contributed by atoms with van der Waals surface area (Å²) in [5.74, 6) is 0.359. The number of para-hydroxylation sites is 1. The lowest BCUT2D eigenvalue weighted by Crippen LogP contribution is -2.49. The summed E-state index contributed by atoms with van der Waals surface area (Å²) in [6.45, 7) is 1.97. The molecule has 7 nitrogen and oxygen atoms in total. The summed E-state index contributed by atoms with van der Waals surface area (Å²) in [6, 6.07) is 10.8. The number of piperidine rings is 1. The predicted molar refractivity (Wildman–Crippen MR) is 104 cm³/mol. The van der Waals surface area contributed by atoms with Crippen molar-refractivity contribution in [2.24, 2.45) is 0 Å². The molecule has 0 bridgehead atoms. The Morgan fingerprint density at radius 3 is 2.75 bits per heavy atom. The van der Waals surface area contributed by atoms with Crippen molar-refractivity contribution >= 4 is 5.91 Å². The second-order valence-corrected chi connectivity index (χ2v) is 7.39. The first kappa shape index (κ1) is 18.9. The number of aromatic hydroxyl groups is 1. The molecule has 2 atom stereocenters. The highest BCUT2D eigenvalue weighted by Gasteiger charge is 2.35. The number of carbonyl (C=O) groups is 1. The monoisotopic (exact) mass is 382 g/mol. The van der Waals surface area contributed by atoms with E-state index in [0.29, 0.717) is 26.1 Å². The van der Waals surface area contributed by atoms with Gasteiger partial charge in [-0.2, -0.15) is 0 Å². The molecule has 1 amide bonds. The lowest BCUT2D eigenvalue weighted by atomic mass is 9.99. The van der Waals surface area contributed by atoms with Gasteiger partial charge in [-0.05, 0) is 37.0 Å². The number of ether oxygens (including phenoxy) is 1. The SMILES string of the molecule is O=C(C1CC(c2ccccc2O)NN1)N1CCC(OCc2cccnc2)CC1. The van der Waals surface area contributed by atoms with E-state index in [2.05, 4.69) is 15.8 Å². The topological polar surface area (TPSA) is 86.7 Å². The Balaban J connectivity index is 1.25. The lowest BCUT2D eigenvalue weighted by molar-refractivity contribution is -0.136. The van der Waals surface area contributed by atoms with Crippen LogP contribution in [0.2, 0.25) is 0 Å². The number of amides is 1. The van der Waals surface area contributed by atoms with E-state index in [1.54, 1.807) is 18.3 Å². The molecule has 4 rings (SSSR count). The summed E-state index contributed by atoms with van der Waals surface area (Å²) in [5, 5.41) is 10.0. The number of nitrogens with zero attached hydrogens (tertiary/aromatic N) is 2. The van der Waals surface area contributed by atoms with Gasteiger partial charge in [0.25, 0.3) is 0 Å². The number of phenols is 1. The highest BCUT2D eigenvalue weighted by molar-refractivity contribution is 5.82. The van der Waals surface area contributed by atoms with Crippen LogP contribution in [-0.2, 0) is 16.1 Å². The van der Waals surface area contributed by atoms with Crippen molar-refractivity contribution in [3.63, 3.8) is 0 Å². The summed E-state index contributed by atoms with van der Waals surface area (Å²) in [6.07, 6.45) is 6.05. The minimum Gasteiger partial charge on any atom is -0.508 e. The Kier molecular flexibility index (Phi) is 5.85. The molecule has 0 saturated carbocycles. The maximum Gasteiger partial charge on any atom is 0.241 e. The summed E-state index contributed by atoms with van der Waals surface area (Å²) in [4.78, 5) is 18.9. The van der Waals surface area contributed by atoms with Crippen LogP contribution < -0.4 is 10.9 Å². The normalized spacial score (nSPS) is 23.1. The third-order valence-electron chi connectivity index (χ3n) is 5.48. The largest absolute Gasteiger partial charge is 0.508 e. The van der Waals surface area contributed by atoms with Gasteiger partial charge >= 0.3 is 0 Å². The van der Waals surface area contributed by atoms with Gasteiger partial charge in [0, 0.05) is 31.0 Å². The average Bonchev–Trinajstić information content (AvgIpc) is 3.23. The molecule has 1 aromatic carbocycles. The van der Waals surface area contributed by atoms with E-state index >= 15 is 0 Å². The van der Waals surface area contributed by atoms with Crippen molar-refractivity contribution in [3.8, 4) is 5.75 Å². The van der Waals surface area contributed by atoms with E-state index in [0.717, 1.165) is 24.0 Å². The van der Waals surface area contributed by atoms with Crippen molar-refractivity contribution in [1.82, 2.24) is 20.7 Å². The van der Waals surface area contributed by atoms with E-state index in [9.17, 15) is 9.90 Å². The second kappa shape index (κ2) is 8.68. The second-order valence-electron chi connectivity index (χ2n) is 7.39. The highest BCUT2D eigenvalue weighted by atomic mass is 16.5. The van der Waals surface area contributed by atoms with Crippen molar-refractivity contribution in [3.05, 3.63) is 59.9 Å². The number of hydrogen-bond acceptors (Lipinski definition) is 6. The molecule has 3 N–H and O–H groups in total. The standard InChI is InChI=1S/C21H26N4O3/c26-20-6-2-1-5-17(20)18-12-19(24-23-18)21(27)25-10-7-16(8-11-25)28-14-15-4-3-9-22-13-15/h1-6,9,13,16,18-19,23-24,26H,7-8,10-12,14H2. The number of aromatic nitrogens is 1. The van der Waals surface area contributed by atoms with Crippen LogP contribution in [0.15, 0.2) is 48.8 Å². The van der Waals surface area contributed by atoms with Gasteiger partial charge in [0.1, 0.15) is 11.8 Å². The van der Waals surface area contributed by atoms with Crippen LogP contribution in [0.5, 0.6) is 5.75 Å². The van der Waals surface area contributed by atoms with E-state index < -0.39 is 0 Å². The van der Waals surface area contributed by atoms with Crippen molar-refractivity contribution in [1.29, 1.82) is 0 Å². The van der Waals surface area contributed by atoms with Gasteiger partial charge in [-0.25, -0.2) is 10.9 Å². The molecule has 2 aromatic rings. The van der Waals surface area contributed by atoms with Gasteiger partial charge in [0.2, 0.25) is 5.91 Å². The van der Waals surface area contributed by atoms with Crippen molar-refractivity contribution in [2.75, 3.05) is 13.1 Å². The maximum absolute atomic E-state index is 12.9. The smallest absolute Gasteiger partial charge is 0.241 e. The minimum atomic E-state index is -0.280. The summed E-state index contributed by atoms with van der Waals surface area (Å²) >= 11 is 0. The van der Waals surface area contributed by atoms with Crippen LogP contribution in [-0.4, -0.2) is 46.1 Å². The molecule has 28 heavy (non-hydrogen) atoms. The fraction of sp³-hybridized carbons (Fsp3) is 0.429. The molecule has 0 aliphatic carbocycles. The van der Waals surface area contributed by atoms with Crippen LogP contribution in [0.25, 0.3) is 0 Å². The van der Waals surface area contributed by atoms with E-state index in [-0.39, 0.29) is 29.8 Å². The summed E-state index contributed by atoms with van der Waals surface area (Å²) in [5.41, 5.74) is 8.12. The van der Waals surface area contributed by atoms with Crippen LogP contribution in [0, 0.1) is 0 Å². The molecule has 2 unspecified atom stereocenters. The number of pyridine rings is 1. The highest BCUT2D eigenvalue weighted by Crippen LogP contribution is 2.30. The van der Waals surface area contributed by atoms with Gasteiger partial charge in [0.05, 0.1) is 18.8 Å². The number of hydrazine groups is 1. The molecule has 0 radical (unpaired) electrons. The van der Waals surface area contributed by atoms with E-state index in [1.807, 2.05) is 35.4 Å². The van der Waals surface area contributed by atoms with Crippen LogP contribution in [0.3, 0.4) is 0 Å². The number of phenolic OH excluding ortho intramolecular Hbond substituents is 1. The maximum atomic E-state index is 12.9. The molecule has 148 valence electrons. The Labute approximate surface area is 164 Å². The zero-order valence-corrected chi connectivity index (χ0v) is 15.8. The van der Waals surface area contributed by atoms with Crippen LogP contribution in [0.1, 0.15) is 36.4 Å². The number of likely N-dealkylation sites (tertiary alicyclic amines) is 1. The molecular formula is C21H26N4O3. The molecule has 2 aliphatic heterocycles. The van der Waals surface area contributed by atoms with Gasteiger partial charge in [-0.1, -0.05) is 24.3 Å². The number of carbonyl (C=O) groups excluding carboxylic acids is 1. The first-order valence-electron chi connectivity index (χ1n) is 9.79. The molecule has 2 saturated heterocycles. The van der Waals surface area contributed by atoms with Gasteiger partial charge in [0.15, 0.2) is 0 Å². The van der Waals surface area contributed by atoms with Crippen molar-refractivity contribution < 1.29 is 14.6 Å². The number of benzene rings is 1. The van der Waals surface area contributed by atoms with E-state index in [4.69, 9.17) is 4.74 Å². The zero-order valence-electron chi connectivity index (χ0n) is 15.8. The zero-order chi connectivity index (χ0) is 19.3. The molecule has 2 fully saturated rings. The van der Waals surface area contributed by atoms with Gasteiger partial charge < -0.3 is 14.7 Å². The first-order valence-corrected chi connectivity index (χ1v) is 9.79. The van der Waals surface area contributed by atoms with Crippen LogP contribution >= 0.6 is 0 Å². The average molecular weight is 382 g/mol. The molecular weight excluding hydrogens is 356 g/mol. The fourth-order valence-corrected chi connectivity index (χ4v) is 3.87. The van der Waals surface area contributed by atoms with Gasteiger partial charge in [-0.3, -0.25) is 9.78 Å². The molecule has 0 spiro atoms. The summed E-state index contributed by atoms with van der Waals surface area (Å²) in [7, 11) is 0. The minimum absolute atomic E-state index is 0.0736. The Morgan fingerprint density at radius 2 is 2.00 bits per heavy atom. The fourth-order valence-electron chi connectivity index (χ4n) is 3.87. The third-order valence-corrected chi connectivity index (χ3v) is 5.48. The Morgan fingerprint density at radius 1 is 1.18 bits per heavy atom. The number of rotatable bonds is 5. The molecule has 7 heteroatoms. The van der Waals surface area contributed by atoms with Crippen LogP contribution in [0.4, 0.5) is 0 Å². The Bertz CT molecular complexity index is 793. The van der Waals surface area contributed by atoms with Crippen molar-refractivity contribution in [2.45, 2.75) is 44.1 Å².